The van der Waals surface area contributed by atoms with Crippen LogP contribution in [0.15, 0.2) is 30.8 Å². The van der Waals surface area contributed by atoms with Gasteiger partial charge in [0.2, 0.25) is 0 Å². The second kappa shape index (κ2) is 4.92. The van der Waals surface area contributed by atoms with E-state index in [-0.39, 0.29) is 12.0 Å². The Labute approximate surface area is 113 Å². The van der Waals surface area contributed by atoms with E-state index in [0.717, 1.165) is 5.56 Å². The van der Waals surface area contributed by atoms with Gasteiger partial charge in [-0.15, -0.1) is 0 Å². The van der Waals surface area contributed by atoms with Crippen molar-refractivity contribution in [2.75, 3.05) is 6.54 Å². The van der Waals surface area contributed by atoms with Crippen molar-refractivity contribution in [3.8, 4) is 0 Å². The molecule has 1 aromatic carbocycles. The van der Waals surface area contributed by atoms with E-state index in [2.05, 4.69) is 6.58 Å². The zero-order valence-corrected chi connectivity index (χ0v) is 10.6. The lowest BCUT2D eigenvalue weighted by Gasteiger charge is -2.33. The minimum atomic E-state index is -5.01. The lowest BCUT2D eigenvalue weighted by atomic mass is 9.78. The maximum Gasteiger partial charge on any atom is 0.471 e. The van der Waals surface area contributed by atoms with Gasteiger partial charge in [0.15, 0.2) is 5.67 Å². The number of halogens is 4. The lowest BCUT2D eigenvalue weighted by molar-refractivity contribution is -0.174. The molecule has 2 nitrogen and oxygen atoms in total. The summed E-state index contributed by atoms with van der Waals surface area (Å²) in [6.07, 6.45) is -4.61. The normalized spacial score (nSPS) is 22.3. The molecule has 6 heteroatoms. The third kappa shape index (κ3) is 2.69. The molecule has 1 amide bonds. The molecular weight excluding hydrogens is 274 g/mol. The molecular formula is C14H13F4NO. The van der Waals surface area contributed by atoms with Gasteiger partial charge >= 0.3 is 12.1 Å². The quantitative estimate of drug-likeness (QED) is 0.832. The second-order valence-electron chi connectivity index (χ2n) is 4.78. The summed E-state index contributed by atoms with van der Waals surface area (Å²) >= 11 is 0. The monoisotopic (exact) mass is 287 g/mol. The van der Waals surface area contributed by atoms with Crippen LogP contribution in [0.25, 0.3) is 5.57 Å². The van der Waals surface area contributed by atoms with Crippen LogP contribution in [0.5, 0.6) is 0 Å². The highest BCUT2D eigenvalue weighted by Gasteiger charge is 2.43. The Morgan fingerprint density at radius 1 is 1.35 bits per heavy atom. The molecule has 0 bridgehead atoms. The topological polar surface area (TPSA) is 29.1 Å². The molecule has 1 aliphatic rings. The van der Waals surface area contributed by atoms with Crippen LogP contribution in [0.2, 0.25) is 0 Å². The Balaban J connectivity index is 2.13. The molecule has 2 rings (SSSR count). The Bertz CT molecular complexity index is 552. The Morgan fingerprint density at radius 2 is 2.00 bits per heavy atom. The zero-order valence-electron chi connectivity index (χ0n) is 10.6. The first kappa shape index (κ1) is 14.6. The molecule has 1 aliphatic carbocycles. The van der Waals surface area contributed by atoms with Crippen LogP contribution in [0, 0.1) is 0 Å². The van der Waals surface area contributed by atoms with Crippen LogP contribution in [-0.4, -0.2) is 24.3 Å². The van der Waals surface area contributed by atoms with E-state index in [4.69, 9.17) is 0 Å². The van der Waals surface area contributed by atoms with E-state index in [1.54, 1.807) is 17.4 Å². The van der Waals surface area contributed by atoms with Crippen LogP contribution in [0.1, 0.15) is 17.5 Å². The van der Waals surface area contributed by atoms with Crippen molar-refractivity contribution in [1.29, 1.82) is 0 Å². The molecule has 0 radical (unpaired) electrons. The van der Waals surface area contributed by atoms with Crippen LogP contribution in [-0.2, 0) is 11.2 Å². The van der Waals surface area contributed by atoms with Crippen molar-refractivity contribution in [3.63, 3.8) is 0 Å². The number of fused-ring (bicyclic) bond motifs is 1. The fourth-order valence-electron chi connectivity index (χ4n) is 2.27. The number of hydrogen-bond acceptors (Lipinski definition) is 1. The summed E-state index contributed by atoms with van der Waals surface area (Å²) in [6.45, 7) is 2.92. The molecule has 1 atom stereocenters. The van der Waals surface area contributed by atoms with Crippen molar-refractivity contribution in [3.05, 3.63) is 42.0 Å². The van der Waals surface area contributed by atoms with Gasteiger partial charge in [0, 0.05) is 0 Å². The summed E-state index contributed by atoms with van der Waals surface area (Å²) in [5.74, 6) is -2.14. The number of rotatable bonds is 2. The Morgan fingerprint density at radius 3 is 2.65 bits per heavy atom. The summed E-state index contributed by atoms with van der Waals surface area (Å²) in [4.78, 5) is 10.8. The molecule has 0 heterocycles. The molecule has 108 valence electrons. The summed E-state index contributed by atoms with van der Waals surface area (Å²) in [6, 6.07) is 7.03. The van der Waals surface area contributed by atoms with E-state index in [0.29, 0.717) is 12.0 Å². The van der Waals surface area contributed by atoms with Crippen LogP contribution < -0.4 is 5.32 Å². The first-order valence-electron chi connectivity index (χ1n) is 6.06. The van der Waals surface area contributed by atoms with Crippen LogP contribution in [0.4, 0.5) is 17.6 Å². The molecule has 0 fully saturated rings. The van der Waals surface area contributed by atoms with E-state index >= 15 is 0 Å². The summed E-state index contributed by atoms with van der Waals surface area (Å²) in [5.41, 5.74) is -0.424. The SMILES string of the molecule is C=C1c2ccccc2CC[C@@]1(F)CNC(=O)C(F)(F)F. The van der Waals surface area contributed by atoms with E-state index in [1.165, 1.54) is 0 Å². The van der Waals surface area contributed by atoms with Crippen LogP contribution in [0.3, 0.4) is 0 Å². The highest BCUT2D eigenvalue weighted by atomic mass is 19.4. The summed E-state index contributed by atoms with van der Waals surface area (Å²) < 4.78 is 51.0. The van der Waals surface area contributed by atoms with Crippen molar-refractivity contribution in [2.45, 2.75) is 24.7 Å². The van der Waals surface area contributed by atoms with Gasteiger partial charge in [-0.2, -0.15) is 13.2 Å². The third-order valence-corrected chi connectivity index (χ3v) is 3.46. The lowest BCUT2D eigenvalue weighted by Crippen LogP contribution is -2.46. The molecule has 0 unspecified atom stereocenters. The number of aryl methyl sites for hydroxylation is 1. The number of benzene rings is 1. The number of amides is 1. The molecule has 0 aliphatic heterocycles. The molecule has 20 heavy (non-hydrogen) atoms. The third-order valence-electron chi connectivity index (χ3n) is 3.46. The number of carbonyl (C=O) groups is 1. The Hall–Kier alpha value is -1.85. The van der Waals surface area contributed by atoms with Gasteiger partial charge in [-0.05, 0) is 29.5 Å². The number of carbonyl (C=O) groups excluding carboxylic acids is 1. The van der Waals surface area contributed by atoms with Crippen molar-refractivity contribution in [1.82, 2.24) is 5.32 Å². The van der Waals surface area contributed by atoms with Gasteiger partial charge in [-0.3, -0.25) is 4.79 Å². The molecule has 0 spiro atoms. The molecule has 0 aromatic heterocycles. The van der Waals surface area contributed by atoms with Crippen LogP contribution >= 0.6 is 0 Å². The van der Waals surface area contributed by atoms with Gasteiger partial charge in [-0.25, -0.2) is 4.39 Å². The summed E-state index contributed by atoms with van der Waals surface area (Å²) in [5, 5.41) is 1.59. The van der Waals surface area contributed by atoms with Crippen molar-refractivity contribution < 1.29 is 22.4 Å². The smallest absolute Gasteiger partial charge is 0.345 e. The van der Waals surface area contributed by atoms with E-state index < -0.39 is 24.3 Å². The minimum Gasteiger partial charge on any atom is -0.345 e. The van der Waals surface area contributed by atoms with Gasteiger partial charge in [0.25, 0.3) is 0 Å². The number of nitrogens with one attached hydrogen (secondary N) is 1. The van der Waals surface area contributed by atoms with Gasteiger partial charge < -0.3 is 5.32 Å². The maximum absolute atomic E-state index is 14.7. The average Bonchev–Trinajstić information content (AvgIpc) is 2.40. The van der Waals surface area contributed by atoms with Gasteiger partial charge in [-0.1, -0.05) is 30.8 Å². The number of hydrogen-bond donors (Lipinski definition) is 1. The van der Waals surface area contributed by atoms with E-state index in [9.17, 15) is 22.4 Å². The van der Waals surface area contributed by atoms with Crippen molar-refractivity contribution >= 4 is 11.5 Å². The predicted molar refractivity (Wildman–Crippen MR) is 66.7 cm³/mol. The molecule has 1 aromatic rings. The highest BCUT2D eigenvalue weighted by molar-refractivity contribution is 5.82. The largest absolute Gasteiger partial charge is 0.471 e. The minimum absolute atomic E-state index is 0.000976. The zero-order chi connectivity index (χ0) is 15.0. The van der Waals surface area contributed by atoms with E-state index in [1.807, 2.05) is 12.1 Å². The highest BCUT2D eigenvalue weighted by Crippen LogP contribution is 2.39. The molecule has 1 N–H and O–H groups in total. The first-order chi connectivity index (χ1) is 9.24. The second-order valence-corrected chi connectivity index (χ2v) is 4.78. The molecule has 0 saturated carbocycles. The fourth-order valence-corrected chi connectivity index (χ4v) is 2.27. The average molecular weight is 287 g/mol. The fraction of sp³-hybridized carbons (Fsp3) is 0.357. The first-order valence-corrected chi connectivity index (χ1v) is 6.06. The maximum atomic E-state index is 14.7. The van der Waals surface area contributed by atoms with Gasteiger partial charge in [0.05, 0.1) is 6.54 Å². The Kier molecular flexibility index (Phi) is 3.58. The summed E-state index contributed by atoms with van der Waals surface area (Å²) in [7, 11) is 0. The van der Waals surface area contributed by atoms with Gasteiger partial charge in [0.1, 0.15) is 0 Å². The predicted octanol–water partition coefficient (Wildman–Crippen LogP) is 3.03. The van der Waals surface area contributed by atoms with Crippen molar-refractivity contribution in [2.24, 2.45) is 0 Å². The molecule has 0 saturated heterocycles. The number of alkyl halides is 4. The standard InChI is InChI=1S/C14H13F4NO/c1-9-11-5-3-2-4-10(11)6-7-13(9,15)8-19-12(20)14(16,17)18/h2-5H,1,6-8H2,(H,19,20)/t13-/m1/s1.